The number of rotatable bonds is 12. The fraction of sp³-hybridized carbons (Fsp3) is 0.500. The number of fused-ring (bicyclic) bond motifs is 3. The molecule has 0 aromatic heterocycles. The van der Waals surface area contributed by atoms with E-state index in [1.807, 2.05) is 36.4 Å². The van der Waals surface area contributed by atoms with Crippen LogP contribution in [0.4, 0.5) is 4.79 Å². The van der Waals surface area contributed by atoms with Crippen LogP contribution in [0.5, 0.6) is 0 Å². The zero-order valence-corrected chi connectivity index (χ0v) is 23.1. The van der Waals surface area contributed by atoms with Crippen molar-refractivity contribution in [1.82, 2.24) is 10.6 Å². The summed E-state index contributed by atoms with van der Waals surface area (Å²) in [4.78, 5) is 36.5. The van der Waals surface area contributed by atoms with Crippen LogP contribution in [0.3, 0.4) is 0 Å². The quantitative estimate of drug-likeness (QED) is 0.220. The van der Waals surface area contributed by atoms with Crippen LogP contribution in [-0.4, -0.2) is 83.9 Å². The Labute approximate surface area is 239 Å². The normalized spacial score (nSPS) is 23.1. The third-order valence-electron chi connectivity index (χ3n) is 8.09. The van der Waals surface area contributed by atoms with Gasteiger partial charge < -0.3 is 41.2 Å². The van der Waals surface area contributed by atoms with Crippen LogP contribution in [0.1, 0.15) is 49.1 Å². The second-order valence-corrected chi connectivity index (χ2v) is 10.7. The molecule has 11 nitrogen and oxygen atoms in total. The van der Waals surface area contributed by atoms with Crippen LogP contribution in [0.15, 0.2) is 48.5 Å². The number of hydrogen-bond acceptors (Lipinski definition) is 8. The number of amides is 3. The first-order valence-corrected chi connectivity index (χ1v) is 14.0. The number of carbonyl (C=O) groups excluding carboxylic acids is 3. The Morgan fingerprint density at radius 3 is 2.20 bits per heavy atom. The highest BCUT2D eigenvalue weighted by Crippen LogP contribution is 2.44. The minimum Gasteiger partial charge on any atom is -0.449 e. The number of nitrogens with two attached hydrogens (primary N) is 1. The zero-order chi connectivity index (χ0) is 29.5. The van der Waals surface area contributed by atoms with Crippen LogP contribution in [0, 0.1) is 5.92 Å². The smallest absolute Gasteiger partial charge is 0.407 e. The molecule has 6 atom stereocenters. The summed E-state index contributed by atoms with van der Waals surface area (Å²) >= 11 is 0. The standard InChI is InChI=1S/C30H39N3O8/c1-40-25-12-10-22(28(37)27(25)29(31)38)33-26(36)13-11-23(34)24(35)14-15-32-30(39)41-16-21-19-8-4-2-6-17(19)18-7-3-5-9-20(18)21/h2-9,21-25,27-28,34-35,37H,10-16H2,1H3,(H2,31,38)(H,32,39)(H,33,36). The molecule has 2 aromatic rings. The van der Waals surface area contributed by atoms with Gasteiger partial charge >= 0.3 is 6.09 Å². The van der Waals surface area contributed by atoms with Gasteiger partial charge in [-0.3, -0.25) is 9.59 Å². The average molecular weight is 570 g/mol. The lowest BCUT2D eigenvalue weighted by atomic mass is 9.80. The molecule has 222 valence electrons. The van der Waals surface area contributed by atoms with E-state index in [0.717, 1.165) is 22.3 Å². The van der Waals surface area contributed by atoms with E-state index in [9.17, 15) is 29.7 Å². The van der Waals surface area contributed by atoms with Crippen molar-refractivity contribution in [3.8, 4) is 11.1 Å². The lowest BCUT2D eigenvalue weighted by Crippen LogP contribution is -2.57. The third kappa shape index (κ3) is 7.23. The summed E-state index contributed by atoms with van der Waals surface area (Å²) in [6.07, 6.45) is -3.90. The number of aliphatic hydroxyl groups excluding tert-OH is 3. The maximum Gasteiger partial charge on any atom is 0.407 e. The second kappa shape index (κ2) is 13.9. The Balaban J connectivity index is 1.15. The number of carbonyl (C=O) groups is 3. The van der Waals surface area contributed by atoms with E-state index < -0.39 is 54.3 Å². The average Bonchev–Trinajstić information content (AvgIpc) is 3.29. The van der Waals surface area contributed by atoms with E-state index in [2.05, 4.69) is 22.8 Å². The van der Waals surface area contributed by atoms with Crippen molar-refractivity contribution < 1.29 is 39.2 Å². The molecular formula is C30H39N3O8. The first kappa shape index (κ1) is 30.4. The number of alkyl carbamates (subject to hydrolysis) is 1. The highest BCUT2D eigenvalue weighted by Gasteiger charge is 2.42. The summed E-state index contributed by atoms with van der Waals surface area (Å²) < 4.78 is 10.7. The van der Waals surface area contributed by atoms with Crippen LogP contribution in [0.25, 0.3) is 11.1 Å². The molecule has 2 aromatic carbocycles. The Morgan fingerprint density at radius 2 is 1.59 bits per heavy atom. The van der Waals surface area contributed by atoms with Gasteiger partial charge in [0.1, 0.15) is 6.61 Å². The van der Waals surface area contributed by atoms with Crippen molar-refractivity contribution in [1.29, 1.82) is 0 Å². The Hall–Kier alpha value is -3.51. The second-order valence-electron chi connectivity index (χ2n) is 10.7. The Bertz CT molecular complexity index is 1180. The molecule has 6 unspecified atom stereocenters. The number of aliphatic hydroxyl groups is 3. The molecule has 11 heteroatoms. The predicted octanol–water partition coefficient (Wildman–Crippen LogP) is 1.17. The summed E-state index contributed by atoms with van der Waals surface area (Å²) in [6, 6.07) is 15.4. The van der Waals surface area contributed by atoms with Gasteiger partial charge in [0.25, 0.3) is 0 Å². The Morgan fingerprint density at radius 1 is 0.976 bits per heavy atom. The van der Waals surface area contributed by atoms with E-state index in [1.165, 1.54) is 7.11 Å². The number of ether oxygens (including phenoxy) is 2. The van der Waals surface area contributed by atoms with Crippen molar-refractivity contribution in [2.24, 2.45) is 11.7 Å². The summed E-state index contributed by atoms with van der Waals surface area (Å²) in [7, 11) is 1.44. The SMILES string of the molecule is COC1CCC(NC(=O)CCC(O)C(O)CCNC(=O)OCC2c3ccccc3-c3ccccc32)C(O)C1C(N)=O. The zero-order valence-electron chi connectivity index (χ0n) is 23.1. The summed E-state index contributed by atoms with van der Waals surface area (Å²) in [5, 5.41) is 36.4. The van der Waals surface area contributed by atoms with Gasteiger partial charge in [-0.05, 0) is 47.9 Å². The molecular weight excluding hydrogens is 530 g/mol. The maximum absolute atomic E-state index is 12.4. The number of methoxy groups -OCH3 is 1. The minimum absolute atomic E-state index is 0.0271. The van der Waals surface area contributed by atoms with Gasteiger partial charge in [-0.15, -0.1) is 0 Å². The fourth-order valence-electron chi connectivity index (χ4n) is 5.85. The van der Waals surface area contributed by atoms with Gasteiger partial charge in [-0.1, -0.05) is 48.5 Å². The van der Waals surface area contributed by atoms with Crippen molar-refractivity contribution >= 4 is 17.9 Å². The van der Waals surface area contributed by atoms with Gasteiger partial charge in [0.2, 0.25) is 11.8 Å². The van der Waals surface area contributed by atoms with Crippen molar-refractivity contribution in [2.45, 2.75) is 68.5 Å². The highest BCUT2D eigenvalue weighted by atomic mass is 16.5. The van der Waals surface area contributed by atoms with Gasteiger partial charge in [0, 0.05) is 26.0 Å². The summed E-state index contributed by atoms with van der Waals surface area (Å²) in [5.74, 6) is -2.13. The van der Waals surface area contributed by atoms with Crippen LogP contribution >= 0.6 is 0 Å². The molecule has 1 saturated carbocycles. The molecule has 0 bridgehead atoms. The van der Waals surface area contributed by atoms with Gasteiger partial charge in [0.15, 0.2) is 0 Å². The largest absolute Gasteiger partial charge is 0.449 e. The molecule has 0 aliphatic heterocycles. The van der Waals surface area contributed by atoms with Gasteiger partial charge in [-0.2, -0.15) is 0 Å². The van der Waals surface area contributed by atoms with Crippen LogP contribution in [0.2, 0.25) is 0 Å². The first-order valence-electron chi connectivity index (χ1n) is 14.0. The monoisotopic (exact) mass is 569 g/mol. The van der Waals surface area contributed by atoms with Gasteiger partial charge in [0.05, 0.1) is 36.4 Å². The molecule has 0 radical (unpaired) electrons. The Kier molecular flexibility index (Phi) is 10.3. The molecule has 0 heterocycles. The third-order valence-corrected chi connectivity index (χ3v) is 8.09. The molecule has 1 fully saturated rings. The van der Waals surface area contributed by atoms with Crippen LogP contribution < -0.4 is 16.4 Å². The molecule has 0 spiro atoms. The first-order chi connectivity index (χ1) is 19.7. The van der Waals surface area contributed by atoms with Gasteiger partial charge in [-0.25, -0.2) is 4.79 Å². The van der Waals surface area contributed by atoms with E-state index in [1.54, 1.807) is 0 Å². The molecule has 3 amide bonds. The van der Waals surface area contributed by atoms with E-state index in [0.29, 0.717) is 12.8 Å². The number of primary amides is 1. The van der Waals surface area contributed by atoms with Crippen molar-refractivity contribution in [3.63, 3.8) is 0 Å². The molecule has 7 N–H and O–H groups in total. The number of hydrogen-bond donors (Lipinski definition) is 6. The van der Waals surface area contributed by atoms with Crippen molar-refractivity contribution in [2.75, 3.05) is 20.3 Å². The summed E-state index contributed by atoms with van der Waals surface area (Å²) in [5.41, 5.74) is 9.87. The molecule has 41 heavy (non-hydrogen) atoms. The predicted molar refractivity (Wildman–Crippen MR) is 150 cm³/mol. The molecule has 4 rings (SSSR count). The highest BCUT2D eigenvalue weighted by molar-refractivity contribution is 5.80. The maximum atomic E-state index is 12.4. The van der Waals surface area contributed by atoms with E-state index >= 15 is 0 Å². The lowest BCUT2D eigenvalue weighted by molar-refractivity contribution is -0.140. The minimum atomic E-state index is -1.20. The topological polar surface area (TPSA) is 180 Å². The number of benzene rings is 2. The summed E-state index contributed by atoms with van der Waals surface area (Å²) in [6.45, 7) is 0.243. The lowest BCUT2D eigenvalue weighted by Gasteiger charge is -2.38. The molecule has 2 aliphatic carbocycles. The fourth-order valence-corrected chi connectivity index (χ4v) is 5.85. The molecule has 0 saturated heterocycles. The van der Waals surface area contributed by atoms with Crippen LogP contribution in [-0.2, 0) is 19.1 Å². The molecule has 2 aliphatic rings. The van der Waals surface area contributed by atoms with Crippen molar-refractivity contribution in [3.05, 3.63) is 59.7 Å². The van der Waals surface area contributed by atoms with E-state index in [4.69, 9.17) is 15.2 Å². The van der Waals surface area contributed by atoms with E-state index in [-0.39, 0.29) is 38.3 Å². The number of nitrogens with one attached hydrogen (secondary N) is 2.